The molecule has 0 fully saturated rings. The van der Waals surface area contributed by atoms with Crippen molar-refractivity contribution >= 4 is 45.6 Å². The lowest BCUT2D eigenvalue weighted by Crippen LogP contribution is -2.36. The SMILES string of the molecule is CC(=O)Nc1cccc(NC(=O)CN2CCc3nc(NC(=O)c4cnccn4)sc3C2)c1. The number of amides is 3. The Hall–Kier alpha value is -3.70. The lowest BCUT2D eigenvalue weighted by atomic mass is 10.2. The molecule has 0 spiro atoms. The van der Waals surface area contributed by atoms with E-state index in [1.165, 1.54) is 36.9 Å². The third-order valence-electron chi connectivity index (χ3n) is 4.66. The molecule has 0 saturated heterocycles. The van der Waals surface area contributed by atoms with E-state index in [0.717, 1.165) is 10.6 Å². The first-order valence-electron chi connectivity index (χ1n) is 9.92. The second-order valence-electron chi connectivity index (χ2n) is 7.20. The molecule has 4 rings (SSSR count). The highest BCUT2D eigenvalue weighted by atomic mass is 32.1. The fourth-order valence-corrected chi connectivity index (χ4v) is 4.34. The highest BCUT2D eigenvalue weighted by molar-refractivity contribution is 7.15. The number of hydrogen-bond acceptors (Lipinski definition) is 8. The Morgan fingerprint density at radius 1 is 1.12 bits per heavy atom. The van der Waals surface area contributed by atoms with Crippen molar-refractivity contribution in [3.8, 4) is 0 Å². The average molecular weight is 452 g/mol. The first kappa shape index (κ1) is 21.5. The maximum absolute atomic E-state index is 12.5. The predicted molar refractivity (Wildman–Crippen MR) is 120 cm³/mol. The Bertz CT molecular complexity index is 1150. The van der Waals surface area contributed by atoms with Crippen LogP contribution in [-0.4, -0.2) is 50.7 Å². The Morgan fingerprint density at radius 2 is 1.94 bits per heavy atom. The maximum Gasteiger partial charge on any atom is 0.277 e. The third-order valence-corrected chi connectivity index (χ3v) is 5.66. The number of thiazole rings is 1. The molecule has 1 aliphatic rings. The molecule has 1 aromatic carbocycles. The molecule has 2 aromatic heterocycles. The largest absolute Gasteiger partial charge is 0.326 e. The van der Waals surface area contributed by atoms with Gasteiger partial charge in [0.2, 0.25) is 11.8 Å². The Morgan fingerprint density at radius 3 is 2.69 bits per heavy atom. The van der Waals surface area contributed by atoms with Crippen LogP contribution in [0.3, 0.4) is 0 Å². The molecule has 0 unspecified atom stereocenters. The van der Waals surface area contributed by atoms with Crippen LogP contribution in [-0.2, 0) is 22.6 Å². The number of rotatable bonds is 6. The molecular weight excluding hydrogens is 430 g/mol. The van der Waals surface area contributed by atoms with Gasteiger partial charge in [0.15, 0.2) is 5.13 Å². The van der Waals surface area contributed by atoms with Crippen LogP contribution >= 0.6 is 11.3 Å². The molecule has 0 radical (unpaired) electrons. The first-order chi connectivity index (χ1) is 15.5. The summed E-state index contributed by atoms with van der Waals surface area (Å²) in [5.74, 6) is -0.676. The fraction of sp³-hybridized carbons (Fsp3) is 0.238. The van der Waals surface area contributed by atoms with Gasteiger partial charge < -0.3 is 10.6 Å². The van der Waals surface area contributed by atoms with Crippen LogP contribution in [0.4, 0.5) is 16.5 Å². The van der Waals surface area contributed by atoms with E-state index in [-0.39, 0.29) is 30.0 Å². The van der Waals surface area contributed by atoms with Gasteiger partial charge in [-0.15, -0.1) is 11.3 Å². The fourth-order valence-electron chi connectivity index (χ4n) is 3.30. The average Bonchev–Trinajstić information content (AvgIpc) is 3.15. The number of carbonyl (C=O) groups excluding carboxylic acids is 3. The molecule has 3 N–H and O–H groups in total. The molecule has 0 bridgehead atoms. The van der Waals surface area contributed by atoms with Crippen LogP contribution in [0.5, 0.6) is 0 Å². The minimum absolute atomic E-state index is 0.144. The lowest BCUT2D eigenvalue weighted by Gasteiger charge is -2.25. The quantitative estimate of drug-likeness (QED) is 0.524. The van der Waals surface area contributed by atoms with Gasteiger partial charge in [-0.05, 0) is 18.2 Å². The van der Waals surface area contributed by atoms with E-state index in [2.05, 4.69) is 30.9 Å². The maximum atomic E-state index is 12.5. The van der Waals surface area contributed by atoms with Gasteiger partial charge in [-0.3, -0.25) is 29.6 Å². The van der Waals surface area contributed by atoms with Crippen LogP contribution < -0.4 is 16.0 Å². The van der Waals surface area contributed by atoms with Crippen molar-refractivity contribution in [1.29, 1.82) is 0 Å². The summed E-state index contributed by atoms with van der Waals surface area (Å²) in [6.07, 6.45) is 5.05. The van der Waals surface area contributed by atoms with Gasteiger partial charge in [0.05, 0.1) is 18.4 Å². The van der Waals surface area contributed by atoms with Gasteiger partial charge in [-0.25, -0.2) is 9.97 Å². The zero-order valence-corrected chi connectivity index (χ0v) is 18.1. The molecule has 164 valence electrons. The monoisotopic (exact) mass is 451 g/mol. The van der Waals surface area contributed by atoms with Crippen LogP contribution in [0, 0.1) is 0 Å². The summed E-state index contributed by atoms with van der Waals surface area (Å²) in [5.41, 5.74) is 2.40. The second kappa shape index (κ2) is 9.62. The van der Waals surface area contributed by atoms with Gasteiger partial charge >= 0.3 is 0 Å². The number of nitrogens with one attached hydrogen (secondary N) is 3. The van der Waals surface area contributed by atoms with Crippen molar-refractivity contribution in [1.82, 2.24) is 19.9 Å². The van der Waals surface area contributed by atoms with Gasteiger partial charge in [0, 0.05) is 55.1 Å². The number of benzene rings is 1. The zero-order chi connectivity index (χ0) is 22.5. The van der Waals surface area contributed by atoms with E-state index in [1.54, 1.807) is 24.3 Å². The van der Waals surface area contributed by atoms with Crippen molar-refractivity contribution in [3.63, 3.8) is 0 Å². The van der Waals surface area contributed by atoms with E-state index in [0.29, 0.717) is 36.0 Å². The van der Waals surface area contributed by atoms with Crippen LogP contribution in [0.25, 0.3) is 0 Å². The van der Waals surface area contributed by atoms with Gasteiger partial charge in [-0.1, -0.05) is 6.07 Å². The Kier molecular flexibility index (Phi) is 6.47. The Balaban J connectivity index is 1.33. The van der Waals surface area contributed by atoms with E-state index in [4.69, 9.17) is 0 Å². The molecule has 0 saturated carbocycles. The number of hydrogen-bond donors (Lipinski definition) is 3. The number of nitrogens with zero attached hydrogens (tertiary/aromatic N) is 4. The van der Waals surface area contributed by atoms with Gasteiger partial charge in [-0.2, -0.15) is 0 Å². The molecular formula is C21H21N7O3S. The number of fused-ring (bicyclic) bond motifs is 1. The van der Waals surface area contributed by atoms with Crippen molar-refractivity contribution in [3.05, 3.63) is 59.1 Å². The summed E-state index contributed by atoms with van der Waals surface area (Å²) in [6.45, 7) is 2.92. The minimum Gasteiger partial charge on any atom is -0.326 e. The molecule has 0 atom stereocenters. The zero-order valence-electron chi connectivity index (χ0n) is 17.3. The second-order valence-corrected chi connectivity index (χ2v) is 8.29. The summed E-state index contributed by atoms with van der Waals surface area (Å²) in [4.78, 5) is 51.4. The molecule has 11 heteroatoms. The molecule has 1 aliphatic heterocycles. The Labute approximate surface area is 188 Å². The van der Waals surface area contributed by atoms with E-state index in [9.17, 15) is 14.4 Å². The molecule has 3 amide bonds. The summed E-state index contributed by atoms with van der Waals surface area (Å²) < 4.78 is 0. The van der Waals surface area contributed by atoms with E-state index < -0.39 is 0 Å². The van der Waals surface area contributed by atoms with Crippen molar-refractivity contribution in [2.24, 2.45) is 0 Å². The lowest BCUT2D eigenvalue weighted by molar-refractivity contribution is -0.117. The minimum atomic E-state index is -0.359. The number of aromatic nitrogens is 3. The molecule has 3 heterocycles. The molecule has 10 nitrogen and oxygen atoms in total. The van der Waals surface area contributed by atoms with E-state index in [1.807, 2.05) is 4.90 Å². The first-order valence-corrected chi connectivity index (χ1v) is 10.7. The summed E-state index contributed by atoms with van der Waals surface area (Å²) in [7, 11) is 0. The highest BCUT2D eigenvalue weighted by Crippen LogP contribution is 2.28. The summed E-state index contributed by atoms with van der Waals surface area (Å²) in [6, 6.07) is 7.01. The normalized spacial score (nSPS) is 13.2. The smallest absolute Gasteiger partial charge is 0.277 e. The van der Waals surface area contributed by atoms with Crippen molar-refractivity contribution in [2.45, 2.75) is 19.9 Å². The topological polar surface area (TPSA) is 129 Å². The summed E-state index contributed by atoms with van der Waals surface area (Å²) >= 11 is 1.40. The van der Waals surface area contributed by atoms with Crippen LogP contribution in [0.2, 0.25) is 0 Å². The van der Waals surface area contributed by atoms with Crippen molar-refractivity contribution in [2.75, 3.05) is 29.0 Å². The number of anilines is 3. The number of carbonyl (C=O) groups is 3. The van der Waals surface area contributed by atoms with Crippen molar-refractivity contribution < 1.29 is 14.4 Å². The molecule has 32 heavy (non-hydrogen) atoms. The van der Waals surface area contributed by atoms with Crippen LogP contribution in [0.15, 0.2) is 42.9 Å². The summed E-state index contributed by atoms with van der Waals surface area (Å²) in [5, 5.41) is 8.82. The molecule has 3 aromatic rings. The van der Waals surface area contributed by atoms with Crippen LogP contribution in [0.1, 0.15) is 28.0 Å². The third kappa shape index (κ3) is 5.50. The van der Waals surface area contributed by atoms with Gasteiger partial charge in [0.1, 0.15) is 5.69 Å². The highest BCUT2D eigenvalue weighted by Gasteiger charge is 2.23. The molecule has 0 aliphatic carbocycles. The standard InChI is InChI=1S/C21H21N7O3S/c1-13(29)24-14-3-2-4-15(9-14)25-19(30)12-28-8-5-16-18(11-28)32-21(26-16)27-20(31)17-10-22-6-7-23-17/h2-4,6-7,9-10H,5,8,11-12H2,1H3,(H,24,29)(H,25,30)(H,26,27,31). The van der Waals surface area contributed by atoms with E-state index >= 15 is 0 Å². The van der Waals surface area contributed by atoms with Gasteiger partial charge in [0.25, 0.3) is 5.91 Å². The predicted octanol–water partition coefficient (Wildman–Crippen LogP) is 2.14.